The fraction of sp³-hybridized carbons (Fsp3) is 0.250. The van der Waals surface area contributed by atoms with Crippen molar-refractivity contribution in [2.45, 2.75) is 12.7 Å². The van der Waals surface area contributed by atoms with Gasteiger partial charge in [-0.2, -0.15) is 0 Å². The Labute approximate surface area is 101 Å². The minimum atomic E-state index is -3.44. The van der Waals surface area contributed by atoms with Crippen LogP contribution in [0.1, 0.15) is 11.1 Å². The van der Waals surface area contributed by atoms with Crippen molar-refractivity contribution in [2.24, 2.45) is 0 Å². The molecule has 0 saturated heterocycles. The Morgan fingerprint density at radius 3 is 2.59 bits per heavy atom. The van der Waals surface area contributed by atoms with E-state index in [1.165, 1.54) is 7.11 Å². The zero-order valence-corrected chi connectivity index (χ0v) is 10.5. The number of ether oxygens (including phenoxy) is 1. The molecule has 0 atom stereocenters. The third-order valence-electron chi connectivity index (χ3n) is 2.23. The number of hydrogen-bond donors (Lipinski definition) is 0. The number of carbonyl (C=O) groups excluding carboxylic acids is 1. The molecule has 0 aliphatic heterocycles. The van der Waals surface area contributed by atoms with Gasteiger partial charge in [-0.3, -0.25) is 0 Å². The molecule has 0 bridgehead atoms. The van der Waals surface area contributed by atoms with E-state index >= 15 is 0 Å². The summed E-state index contributed by atoms with van der Waals surface area (Å²) in [4.78, 5) is 10.8. The summed E-state index contributed by atoms with van der Waals surface area (Å²) in [5.74, 6) is -0.800. The Balaban J connectivity index is 2.84. The third-order valence-corrected chi connectivity index (χ3v) is 3.49. The number of hydrogen-bond acceptors (Lipinski definition) is 4. The predicted molar refractivity (Wildman–Crippen MR) is 65.0 cm³/mol. The molecule has 4 nitrogen and oxygen atoms in total. The summed E-state index contributed by atoms with van der Waals surface area (Å²) in [5, 5.41) is 0.880. The zero-order chi connectivity index (χ0) is 12.9. The molecule has 1 rings (SSSR count). The minimum absolute atomic E-state index is 0.118. The highest BCUT2D eigenvalue weighted by molar-refractivity contribution is 7.93. The van der Waals surface area contributed by atoms with Gasteiger partial charge in [-0.05, 0) is 18.1 Å². The van der Waals surface area contributed by atoms with E-state index < -0.39 is 15.8 Å². The van der Waals surface area contributed by atoms with E-state index in [4.69, 9.17) is 0 Å². The first-order valence-electron chi connectivity index (χ1n) is 4.98. The number of aryl methyl sites for hydroxylation is 1. The molecule has 0 amide bonds. The van der Waals surface area contributed by atoms with Crippen LogP contribution in [0.2, 0.25) is 0 Å². The summed E-state index contributed by atoms with van der Waals surface area (Å²) < 4.78 is 27.7. The number of sulfone groups is 1. The standard InChI is InChI=1S/C12H14O4S/c1-10-5-3-4-6-11(10)9-17(14,15)8-7-12(13)16-2/h3-8H,9H2,1-2H3/b8-7+. The molecule has 0 fully saturated rings. The van der Waals surface area contributed by atoms with Crippen LogP contribution in [0, 0.1) is 6.92 Å². The van der Waals surface area contributed by atoms with Crippen molar-refractivity contribution in [3.63, 3.8) is 0 Å². The number of methoxy groups -OCH3 is 1. The summed E-state index contributed by atoms with van der Waals surface area (Å²) >= 11 is 0. The molecule has 0 aromatic heterocycles. The van der Waals surface area contributed by atoms with E-state index in [0.717, 1.165) is 22.6 Å². The van der Waals surface area contributed by atoms with Gasteiger partial charge in [0.2, 0.25) is 0 Å². The monoisotopic (exact) mass is 254 g/mol. The van der Waals surface area contributed by atoms with Gasteiger partial charge in [-0.25, -0.2) is 13.2 Å². The Hall–Kier alpha value is -1.62. The SMILES string of the molecule is COC(=O)/C=C/S(=O)(=O)Cc1ccccc1C. The van der Waals surface area contributed by atoms with Gasteiger partial charge in [0.05, 0.1) is 12.9 Å². The first-order chi connectivity index (χ1) is 7.94. The van der Waals surface area contributed by atoms with Crippen molar-refractivity contribution in [1.29, 1.82) is 0 Å². The first kappa shape index (κ1) is 13.4. The van der Waals surface area contributed by atoms with Gasteiger partial charge in [0.1, 0.15) is 0 Å². The molecule has 0 spiro atoms. The second-order valence-corrected chi connectivity index (χ2v) is 5.45. The van der Waals surface area contributed by atoms with Gasteiger partial charge in [0, 0.05) is 11.5 Å². The van der Waals surface area contributed by atoms with Crippen LogP contribution in [0.3, 0.4) is 0 Å². The van der Waals surface area contributed by atoms with Crippen LogP contribution in [0.25, 0.3) is 0 Å². The molecule has 0 heterocycles. The summed E-state index contributed by atoms with van der Waals surface area (Å²) in [6, 6.07) is 7.21. The summed E-state index contributed by atoms with van der Waals surface area (Å²) in [7, 11) is -2.25. The van der Waals surface area contributed by atoms with Gasteiger partial charge in [0.15, 0.2) is 9.84 Å². The van der Waals surface area contributed by atoms with E-state index in [1.807, 2.05) is 19.1 Å². The molecule has 0 N–H and O–H groups in total. The fourth-order valence-corrected chi connectivity index (χ4v) is 2.44. The highest BCUT2D eigenvalue weighted by atomic mass is 32.2. The molecule has 0 unspecified atom stereocenters. The van der Waals surface area contributed by atoms with E-state index in [0.29, 0.717) is 0 Å². The molecule has 1 aromatic rings. The quantitative estimate of drug-likeness (QED) is 0.605. The molecule has 0 aliphatic rings. The van der Waals surface area contributed by atoms with E-state index in [-0.39, 0.29) is 5.75 Å². The lowest BCUT2D eigenvalue weighted by atomic mass is 10.1. The van der Waals surface area contributed by atoms with Gasteiger partial charge in [-0.15, -0.1) is 0 Å². The van der Waals surface area contributed by atoms with Gasteiger partial charge in [-0.1, -0.05) is 24.3 Å². The highest BCUT2D eigenvalue weighted by Crippen LogP contribution is 2.12. The Kier molecular flexibility index (Phi) is 4.45. The molecular weight excluding hydrogens is 240 g/mol. The van der Waals surface area contributed by atoms with Crippen LogP contribution in [-0.4, -0.2) is 21.5 Å². The molecule has 1 aromatic carbocycles. The molecule has 5 heteroatoms. The Morgan fingerprint density at radius 2 is 2.00 bits per heavy atom. The van der Waals surface area contributed by atoms with Crippen LogP contribution < -0.4 is 0 Å². The summed E-state index contributed by atoms with van der Waals surface area (Å²) in [6.07, 6.45) is 0.910. The molecule has 0 aliphatic carbocycles. The van der Waals surface area contributed by atoms with Gasteiger partial charge >= 0.3 is 5.97 Å². The first-order valence-corrected chi connectivity index (χ1v) is 6.69. The molecule has 17 heavy (non-hydrogen) atoms. The maximum absolute atomic E-state index is 11.7. The number of rotatable bonds is 4. The minimum Gasteiger partial charge on any atom is -0.466 e. The fourth-order valence-electron chi connectivity index (χ4n) is 1.26. The lowest BCUT2D eigenvalue weighted by Gasteiger charge is -2.03. The lowest BCUT2D eigenvalue weighted by molar-refractivity contribution is -0.134. The lowest BCUT2D eigenvalue weighted by Crippen LogP contribution is -2.03. The van der Waals surface area contributed by atoms with Crippen LogP contribution in [0.5, 0.6) is 0 Å². The predicted octanol–water partition coefficient (Wildman–Crippen LogP) is 1.60. The molecular formula is C12H14O4S. The molecule has 0 radical (unpaired) electrons. The van der Waals surface area contributed by atoms with Crippen molar-refractivity contribution >= 4 is 15.8 Å². The Morgan fingerprint density at radius 1 is 1.35 bits per heavy atom. The van der Waals surface area contributed by atoms with Crippen LogP contribution in [0.15, 0.2) is 35.7 Å². The number of esters is 1. The van der Waals surface area contributed by atoms with Crippen molar-refractivity contribution in [1.82, 2.24) is 0 Å². The largest absolute Gasteiger partial charge is 0.466 e. The smallest absolute Gasteiger partial charge is 0.331 e. The normalized spacial score (nSPS) is 11.6. The van der Waals surface area contributed by atoms with E-state index in [2.05, 4.69) is 4.74 Å². The highest BCUT2D eigenvalue weighted by Gasteiger charge is 2.10. The van der Waals surface area contributed by atoms with Crippen LogP contribution >= 0.6 is 0 Å². The number of benzene rings is 1. The van der Waals surface area contributed by atoms with Crippen LogP contribution in [0.4, 0.5) is 0 Å². The zero-order valence-electron chi connectivity index (χ0n) is 9.71. The van der Waals surface area contributed by atoms with Crippen molar-refractivity contribution in [3.05, 3.63) is 46.9 Å². The number of carbonyl (C=O) groups is 1. The van der Waals surface area contributed by atoms with Crippen LogP contribution in [-0.2, 0) is 25.1 Å². The van der Waals surface area contributed by atoms with Crippen molar-refractivity contribution < 1.29 is 17.9 Å². The van der Waals surface area contributed by atoms with E-state index in [9.17, 15) is 13.2 Å². The average Bonchev–Trinajstić information content (AvgIpc) is 2.29. The second kappa shape index (κ2) is 5.63. The second-order valence-electron chi connectivity index (χ2n) is 3.56. The molecule has 0 saturated carbocycles. The average molecular weight is 254 g/mol. The van der Waals surface area contributed by atoms with E-state index in [1.54, 1.807) is 12.1 Å². The summed E-state index contributed by atoms with van der Waals surface area (Å²) in [5.41, 5.74) is 1.63. The topological polar surface area (TPSA) is 60.4 Å². The van der Waals surface area contributed by atoms with Gasteiger partial charge < -0.3 is 4.74 Å². The maximum atomic E-state index is 11.7. The van der Waals surface area contributed by atoms with Gasteiger partial charge in [0.25, 0.3) is 0 Å². The van der Waals surface area contributed by atoms with Crippen molar-refractivity contribution in [2.75, 3.05) is 7.11 Å². The maximum Gasteiger partial charge on any atom is 0.331 e. The van der Waals surface area contributed by atoms with Crippen molar-refractivity contribution in [3.8, 4) is 0 Å². The third kappa shape index (κ3) is 4.40. The summed E-state index contributed by atoms with van der Waals surface area (Å²) in [6.45, 7) is 1.84. The Bertz CT molecular complexity index is 529. The molecule has 92 valence electrons.